The zero-order chi connectivity index (χ0) is 35.9. The molecule has 11 nitrogen and oxygen atoms in total. The minimum Gasteiger partial charge on any atom is -0.424 e. The van der Waals surface area contributed by atoms with Gasteiger partial charge in [0.25, 0.3) is 10.0 Å². The number of halogens is 5. The molecule has 4 rings (SSSR count). The highest BCUT2D eigenvalue weighted by atomic mass is 32.2. The maximum absolute atomic E-state index is 15.1. The number of hydrogen-bond acceptors (Lipinski definition) is 10. The minimum atomic E-state index is -4.60. The number of nitrogens with one attached hydrogen (secondary N) is 3. The van der Waals surface area contributed by atoms with E-state index in [4.69, 9.17) is 16.4 Å². The highest BCUT2D eigenvalue weighted by Gasteiger charge is 2.33. The van der Waals surface area contributed by atoms with Gasteiger partial charge in [0.05, 0.1) is 52.7 Å². The number of benzene rings is 2. The molecule has 49 heavy (non-hydrogen) atoms. The summed E-state index contributed by atoms with van der Waals surface area (Å²) in [5, 5.41) is 24.9. The maximum Gasteiger partial charge on any atom is 0.393 e. The van der Waals surface area contributed by atoms with E-state index in [9.17, 15) is 35.9 Å². The Kier molecular flexibility index (Phi) is 12.3. The van der Waals surface area contributed by atoms with Gasteiger partial charge in [0.2, 0.25) is 5.91 Å². The van der Waals surface area contributed by atoms with Gasteiger partial charge in [-0.15, -0.1) is 11.3 Å². The van der Waals surface area contributed by atoms with Crippen molar-refractivity contribution >= 4 is 48.7 Å². The van der Waals surface area contributed by atoms with Gasteiger partial charge in [-0.05, 0) is 23.4 Å². The smallest absolute Gasteiger partial charge is 0.393 e. The molecule has 0 aliphatic carbocycles. The summed E-state index contributed by atoms with van der Waals surface area (Å²) in [6.07, 6.45) is -7.87. The van der Waals surface area contributed by atoms with Crippen molar-refractivity contribution in [2.24, 2.45) is 0 Å². The lowest BCUT2D eigenvalue weighted by molar-refractivity contribution is -0.127. The second-order valence-corrected chi connectivity index (χ2v) is 13.7. The third kappa shape index (κ3) is 9.93. The Morgan fingerprint density at radius 1 is 1.29 bits per heavy atom. The van der Waals surface area contributed by atoms with Gasteiger partial charge in [-0.1, -0.05) is 24.0 Å². The number of sulfonamides is 1. The van der Waals surface area contributed by atoms with E-state index in [0.717, 1.165) is 30.4 Å². The summed E-state index contributed by atoms with van der Waals surface area (Å²) >= 11 is 0.989. The zero-order valence-electron chi connectivity index (χ0n) is 25.9. The van der Waals surface area contributed by atoms with Gasteiger partial charge in [-0.2, -0.15) is 13.2 Å². The van der Waals surface area contributed by atoms with Crippen LogP contribution in [0.2, 0.25) is 0 Å². The van der Waals surface area contributed by atoms with Crippen LogP contribution in [0.5, 0.6) is 5.75 Å². The molecule has 1 aliphatic heterocycles. The second kappa shape index (κ2) is 16.0. The number of anilines is 2. The number of likely N-dealkylation sites (tertiary alicyclic amines) is 1. The van der Waals surface area contributed by atoms with Crippen molar-refractivity contribution in [1.29, 1.82) is 0 Å². The van der Waals surface area contributed by atoms with E-state index in [1.54, 1.807) is 21.8 Å². The Labute approximate surface area is 282 Å². The van der Waals surface area contributed by atoms with Crippen molar-refractivity contribution in [2.75, 3.05) is 50.2 Å². The van der Waals surface area contributed by atoms with Crippen LogP contribution in [0.15, 0.2) is 35.2 Å². The van der Waals surface area contributed by atoms with Crippen molar-refractivity contribution in [3.05, 3.63) is 58.0 Å². The van der Waals surface area contributed by atoms with Crippen LogP contribution in [0, 0.1) is 24.2 Å². The molecular weight excluding hydrogens is 697 g/mol. The molecule has 3 unspecified atom stereocenters. The number of piperidine rings is 1. The standard InChI is InChI=1S/C31H32F5N5O6S2/c1-18(43)40-49(45,46)29-12-27(47-17-37-2)26(11-22(29)32)38-9-4-7-28-21(13-31(34,35)36)20-5-3-6-25(30(20)48-28)39-24-8-10-41(15-23(24)33)14-19(44)16-42/h3,5-6,11-12,19,23-24,38-39,42,44H,8-10,13-17H2,1H3,(H,40,43). The molecule has 0 radical (unpaired) electrons. The Morgan fingerprint density at radius 3 is 2.69 bits per heavy atom. The van der Waals surface area contributed by atoms with Gasteiger partial charge in [0.15, 0.2) is 5.75 Å². The summed E-state index contributed by atoms with van der Waals surface area (Å²) in [5.41, 5.74) is 0.251. The van der Waals surface area contributed by atoms with E-state index < -0.39 is 70.9 Å². The normalized spacial score (nSPS) is 17.4. The van der Waals surface area contributed by atoms with E-state index >= 15 is 4.39 Å². The predicted molar refractivity (Wildman–Crippen MR) is 173 cm³/mol. The van der Waals surface area contributed by atoms with Crippen LogP contribution in [0.4, 0.5) is 33.3 Å². The number of aliphatic hydroxyl groups excluding tert-OH is 2. The molecule has 3 aromatic rings. The van der Waals surface area contributed by atoms with Gasteiger partial charge < -0.3 is 25.6 Å². The fourth-order valence-electron chi connectivity index (χ4n) is 5.22. The van der Waals surface area contributed by atoms with Crippen molar-refractivity contribution in [3.8, 4) is 17.6 Å². The molecule has 1 amide bonds. The lowest BCUT2D eigenvalue weighted by Crippen LogP contribution is -2.50. The number of β-amino-alcohol motifs (C(OH)–C–C–N with tert-alkyl or cyclic N) is 1. The number of hydrogen-bond donors (Lipinski definition) is 5. The topological polar surface area (TPSA) is 145 Å². The van der Waals surface area contributed by atoms with Crippen molar-refractivity contribution in [2.45, 2.75) is 49.2 Å². The molecule has 0 spiro atoms. The van der Waals surface area contributed by atoms with E-state index in [-0.39, 0.29) is 46.9 Å². The largest absolute Gasteiger partial charge is 0.424 e. The number of rotatable bonds is 12. The van der Waals surface area contributed by atoms with Gasteiger partial charge in [0.1, 0.15) is 16.9 Å². The van der Waals surface area contributed by atoms with E-state index in [2.05, 4.69) is 27.3 Å². The number of thiophene rings is 1. The molecule has 264 valence electrons. The highest BCUT2D eigenvalue weighted by Crippen LogP contribution is 2.40. The summed E-state index contributed by atoms with van der Waals surface area (Å²) in [7, 11) is -4.60. The molecule has 0 saturated carbocycles. The lowest BCUT2D eigenvalue weighted by Gasteiger charge is -2.36. The molecule has 18 heteroatoms. The average Bonchev–Trinajstić information content (AvgIpc) is 3.35. The molecule has 3 atom stereocenters. The summed E-state index contributed by atoms with van der Waals surface area (Å²) in [6, 6.07) is 5.61. The molecule has 0 bridgehead atoms. The molecular formula is C31H32F5N5O6S2. The number of fused-ring (bicyclic) bond motifs is 1. The molecule has 1 aromatic heterocycles. The first-order chi connectivity index (χ1) is 23.1. The third-order valence-corrected chi connectivity index (χ3v) is 9.94. The van der Waals surface area contributed by atoms with Gasteiger partial charge >= 0.3 is 12.9 Å². The highest BCUT2D eigenvalue weighted by molar-refractivity contribution is 7.90. The van der Waals surface area contributed by atoms with Crippen LogP contribution in [0.3, 0.4) is 0 Å². The number of carbonyl (C=O) groups excluding carboxylic acids is 1. The van der Waals surface area contributed by atoms with Crippen molar-refractivity contribution in [3.63, 3.8) is 0 Å². The van der Waals surface area contributed by atoms with Crippen molar-refractivity contribution in [1.82, 2.24) is 9.62 Å². The number of carbonyl (C=O) groups is 1. The minimum absolute atomic E-state index is 0.000564. The Balaban J connectivity index is 1.59. The summed E-state index contributed by atoms with van der Waals surface area (Å²) in [5.74, 6) is 2.95. The molecule has 2 aromatic carbocycles. The van der Waals surface area contributed by atoms with Crippen LogP contribution in [-0.2, 0) is 21.2 Å². The summed E-state index contributed by atoms with van der Waals surface area (Å²) < 4.78 is 103. The molecule has 2 heterocycles. The summed E-state index contributed by atoms with van der Waals surface area (Å²) in [6.45, 7) is 7.15. The van der Waals surface area contributed by atoms with Crippen LogP contribution >= 0.6 is 11.3 Å². The zero-order valence-corrected chi connectivity index (χ0v) is 27.5. The number of nitrogens with zero attached hydrogens (tertiary/aromatic N) is 2. The second-order valence-electron chi connectivity index (χ2n) is 11.1. The Morgan fingerprint density at radius 2 is 2.04 bits per heavy atom. The molecule has 1 fully saturated rings. The number of amides is 1. The Bertz CT molecular complexity index is 1890. The van der Waals surface area contributed by atoms with E-state index in [0.29, 0.717) is 23.4 Å². The summed E-state index contributed by atoms with van der Waals surface area (Å²) in [4.78, 5) is 15.2. The SMILES string of the molecule is [C-]#[N+]COc1cc(S(=O)(=O)NC(C)=O)c(F)cc1NCC#Cc1sc2c(NC3CCN(CC(O)CO)CC3F)cccc2c1CC(F)(F)F. The number of aliphatic hydroxyl groups is 2. The van der Waals surface area contributed by atoms with Crippen LogP contribution < -0.4 is 20.1 Å². The van der Waals surface area contributed by atoms with Crippen LogP contribution in [0.25, 0.3) is 14.9 Å². The van der Waals surface area contributed by atoms with Gasteiger partial charge in [0, 0.05) is 38.7 Å². The predicted octanol–water partition coefficient (Wildman–Crippen LogP) is 3.87. The van der Waals surface area contributed by atoms with E-state index in [1.807, 2.05) is 0 Å². The maximum atomic E-state index is 15.1. The molecule has 1 saturated heterocycles. The number of ether oxygens (including phenoxy) is 1. The first-order valence-electron chi connectivity index (χ1n) is 14.7. The van der Waals surface area contributed by atoms with Crippen molar-refractivity contribution < 1.29 is 50.1 Å². The molecule has 5 N–H and O–H groups in total. The average molecular weight is 730 g/mol. The first kappa shape index (κ1) is 37.6. The monoisotopic (exact) mass is 729 g/mol. The lowest BCUT2D eigenvalue weighted by atomic mass is 10.0. The van der Waals surface area contributed by atoms with Crippen LogP contribution in [-0.4, -0.2) is 93.4 Å². The fraction of sp³-hybridized carbons (Fsp3) is 0.419. The van der Waals surface area contributed by atoms with Gasteiger partial charge in [-0.25, -0.2) is 28.5 Å². The van der Waals surface area contributed by atoms with Gasteiger partial charge in [-0.3, -0.25) is 14.5 Å². The fourth-order valence-corrected chi connectivity index (χ4v) is 7.46. The number of alkyl halides is 4. The quantitative estimate of drug-likeness (QED) is 0.107. The first-order valence-corrected chi connectivity index (χ1v) is 17.0. The van der Waals surface area contributed by atoms with E-state index in [1.165, 1.54) is 6.07 Å². The Hall–Kier alpha value is -4.20. The van der Waals surface area contributed by atoms with Crippen LogP contribution in [0.1, 0.15) is 23.8 Å². The third-order valence-electron chi connectivity index (χ3n) is 7.30. The molecule has 1 aliphatic rings.